The Labute approximate surface area is 149 Å². The summed E-state index contributed by atoms with van der Waals surface area (Å²) < 4.78 is 11.3. The second-order valence-electron chi connectivity index (χ2n) is 5.87. The van der Waals surface area contributed by atoms with Crippen molar-refractivity contribution in [3.8, 4) is 17.2 Å². The number of hydrogen-bond donors (Lipinski definition) is 3. The van der Waals surface area contributed by atoms with Gasteiger partial charge >= 0.3 is 0 Å². The summed E-state index contributed by atoms with van der Waals surface area (Å²) >= 11 is 0. The molecule has 0 saturated heterocycles. The molecule has 2 aromatic rings. The van der Waals surface area contributed by atoms with Crippen LogP contribution in [0, 0.1) is 0 Å². The molecule has 0 amide bonds. The minimum absolute atomic E-state index is 0.217. The van der Waals surface area contributed by atoms with E-state index in [-0.39, 0.29) is 12.4 Å². The molecule has 0 bridgehead atoms. The zero-order valence-electron chi connectivity index (χ0n) is 14.6. The maximum Gasteiger partial charge on any atom is 0.122 e. The molecule has 0 saturated carbocycles. The van der Waals surface area contributed by atoms with E-state index in [9.17, 15) is 10.2 Å². The van der Waals surface area contributed by atoms with Gasteiger partial charge in [0.25, 0.3) is 0 Å². The number of aliphatic hydroxyl groups is 1. The lowest BCUT2D eigenvalue weighted by Crippen LogP contribution is -2.33. The fourth-order valence-corrected chi connectivity index (χ4v) is 2.42. The Balaban J connectivity index is 1.61. The van der Waals surface area contributed by atoms with Gasteiger partial charge in [-0.25, -0.2) is 0 Å². The predicted octanol–water partition coefficient (Wildman–Crippen LogP) is 2.75. The number of aliphatic hydroxyl groups excluding tert-OH is 1. The molecule has 25 heavy (non-hydrogen) atoms. The lowest BCUT2D eigenvalue weighted by Gasteiger charge is -2.15. The van der Waals surface area contributed by atoms with Crippen LogP contribution in [0.3, 0.4) is 0 Å². The second-order valence-corrected chi connectivity index (χ2v) is 5.87. The average molecular weight is 345 g/mol. The first-order chi connectivity index (χ1) is 12.2. The minimum Gasteiger partial charge on any atom is -0.508 e. The first-order valence-electron chi connectivity index (χ1n) is 8.70. The number of aryl methyl sites for hydroxylation is 1. The molecule has 0 aliphatic heterocycles. The van der Waals surface area contributed by atoms with Crippen LogP contribution in [0.25, 0.3) is 0 Å². The zero-order chi connectivity index (χ0) is 17.9. The quantitative estimate of drug-likeness (QED) is 0.546. The molecule has 0 fully saturated rings. The number of nitrogens with one attached hydrogen (secondary N) is 1. The van der Waals surface area contributed by atoms with Crippen molar-refractivity contribution in [1.82, 2.24) is 5.32 Å². The van der Waals surface area contributed by atoms with E-state index in [2.05, 4.69) is 18.3 Å². The van der Waals surface area contributed by atoms with Crippen molar-refractivity contribution in [2.24, 2.45) is 0 Å². The maximum absolute atomic E-state index is 10.0. The lowest BCUT2D eigenvalue weighted by atomic mass is 10.1. The van der Waals surface area contributed by atoms with Gasteiger partial charge in [-0.3, -0.25) is 0 Å². The molecule has 0 aliphatic rings. The third kappa shape index (κ3) is 7.03. The van der Waals surface area contributed by atoms with E-state index in [0.717, 1.165) is 18.6 Å². The van der Waals surface area contributed by atoms with Gasteiger partial charge in [0.2, 0.25) is 0 Å². The van der Waals surface area contributed by atoms with E-state index in [0.29, 0.717) is 25.4 Å². The number of phenolic OH excluding ortho intramolecular Hbond substituents is 1. The van der Waals surface area contributed by atoms with Crippen LogP contribution >= 0.6 is 0 Å². The van der Waals surface area contributed by atoms with E-state index in [4.69, 9.17) is 9.47 Å². The van der Waals surface area contributed by atoms with E-state index in [1.54, 1.807) is 24.3 Å². The standard InChI is InChI=1S/C20H27NO4/c1-2-5-16-6-3-4-7-20(16)25-15-18(23)14-21-12-13-24-19-10-8-17(22)9-11-19/h3-4,6-11,18,21-23H,2,5,12-15H2,1H3. The number of benzene rings is 2. The molecule has 0 aliphatic carbocycles. The Morgan fingerprint density at radius 2 is 1.80 bits per heavy atom. The van der Waals surface area contributed by atoms with Crippen LogP contribution in [0.5, 0.6) is 17.2 Å². The Bertz CT molecular complexity index is 615. The highest BCUT2D eigenvalue weighted by molar-refractivity contribution is 5.33. The van der Waals surface area contributed by atoms with Crippen molar-refractivity contribution >= 4 is 0 Å². The maximum atomic E-state index is 10.0. The number of ether oxygens (including phenoxy) is 2. The summed E-state index contributed by atoms with van der Waals surface area (Å²) in [6.07, 6.45) is 1.45. The third-order valence-electron chi connectivity index (χ3n) is 3.69. The molecule has 5 nitrogen and oxygen atoms in total. The van der Waals surface area contributed by atoms with Gasteiger partial charge < -0.3 is 25.0 Å². The van der Waals surface area contributed by atoms with Crippen LogP contribution in [0.1, 0.15) is 18.9 Å². The highest BCUT2D eigenvalue weighted by atomic mass is 16.5. The van der Waals surface area contributed by atoms with Crippen LogP contribution in [-0.2, 0) is 6.42 Å². The highest BCUT2D eigenvalue weighted by Gasteiger charge is 2.07. The van der Waals surface area contributed by atoms with E-state index >= 15 is 0 Å². The Hall–Kier alpha value is -2.24. The monoisotopic (exact) mass is 345 g/mol. The normalized spacial score (nSPS) is 11.9. The molecule has 1 unspecified atom stereocenters. The highest BCUT2D eigenvalue weighted by Crippen LogP contribution is 2.19. The van der Waals surface area contributed by atoms with Crippen LogP contribution in [0.2, 0.25) is 0 Å². The van der Waals surface area contributed by atoms with E-state index in [1.807, 2.05) is 18.2 Å². The molecule has 0 spiro atoms. The Kier molecular flexibility index (Phi) is 8.09. The van der Waals surface area contributed by atoms with Gasteiger partial charge in [0.1, 0.15) is 36.6 Å². The zero-order valence-corrected chi connectivity index (χ0v) is 14.6. The number of para-hydroxylation sites is 1. The molecule has 2 aromatic carbocycles. The van der Waals surface area contributed by atoms with Gasteiger partial charge in [-0.1, -0.05) is 31.5 Å². The molecule has 2 rings (SSSR count). The van der Waals surface area contributed by atoms with Crippen molar-refractivity contribution < 1.29 is 19.7 Å². The fourth-order valence-electron chi connectivity index (χ4n) is 2.42. The third-order valence-corrected chi connectivity index (χ3v) is 3.69. The van der Waals surface area contributed by atoms with Crippen LogP contribution in [-0.4, -0.2) is 42.6 Å². The van der Waals surface area contributed by atoms with E-state index in [1.165, 1.54) is 5.56 Å². The van der Waals surface area contributed by atoms with Gasteiger partial charge in [-0.15, -0.1) is 0 Å². The summed E-state index contributed by atoms with van der Waals surface area (Å²) in [7, 11) is 0. The average Bonchev–Trinajstić information content (AvgIpc) is 2.62. The molecule has 0 radical (unpaired) electrons. The smallest absolute Gasteiger partial charge is 0.122 e. The Morgan fingerprint density at radius 1 is 1.04 bits per heavy atom. The topological polar surface area (TPSA) is 71.0 Å². The largest absolute Gasteiger partial charge is 0.508 e. The molecule has 3 N–H and O–H groups in total. The van der Waals surface area contributed by atoms with Crippen molar-refractivity contribution in [2.45, 2.75) is 25.9 Å². The molecule has 0 aromatic heterocycles. The van der Waals surface area contributed by atoms with Crippen LogP contribution in [0.4, 0.5) is 0 Å². The molecular formula is C20H27NO4. The summed E-state index contributed by atoms with van der Waals surface area (Å²) in [5, 5.41) is 22.4. The first-order valence-corrected chi connectivity index (χ1v) is 8.70. The van der Waals surface area contributed by atoms with Crippen molar-refractivity contribution in [3.05, 3.63) is 54.1 Å². The van der Waals surface area contributed by atoms with Crippen LogP contribution in [0.15, 0.2) is 48.5 Å². The number of phenols is 1. The summed E-state index contributed by atoms with van der Waals surface area (Å²) in [6.45, 7) is 3.93. The van der Waals surface area contributed by atoms with Gasteiger partial charge in [-0.2, -0.15) is 0 Å². The molecular weight excluding hydrogens is 318 g/mol. The number of hydrogen-bond acceptors (Lipinski definition) is 5. The fraction of sp³-hybridized carbons (Fsp3) is 0.400. The van der Waals surface area contributed by atoms with Crippen LogP contribution < -0.4 is 14.8 Å². The van der Waals surface area contributed by atoms with Crippen molar-refractivity contribution in [1.29, 1.82) is 0 Å². The molecule has 1 atom stereocenters. The van der Waals surface area contributed by atoms with Gasteiger partial charge in [0, 0.05) is 13.1 Å². The van der Waals surface area contributed by atoms with Gasteiger partial charge in [-0.05, 0) is 42.3 Å². The summed E-state index contributed by atoms with van der Waals surface area (Å²) in [5.74, 6) is 1.77. The summed E-state index contributed by atoms with van der Waals surface area (Å²) in [6, 6.07) is 14.5. The molecule has 136 valence electrons. The van der Waals surface area contributed by atoms with Crippen molar-refractivity contribution in [3.63, 3.8) is 0 Å². The summed E-state index contributed by atoms with van der Waals surface area (Å²) in [5.41, 5.74) is 1.17. The lowest BCUT2D eigenvalue weighted by molar-refractivity contribution is 0.105. The molecule has 5 heteroatoms. The van der Waals surface area contributed by atoms with Gasteiger partial charge in [0.05, 0.1) is 0 Å². The first kappa shape index (κ1) is 19.1. The van der Waals surface area contributed by atoms with Gasteiger partial charge in [0.15, 0.2) is 0 Å². The Morgan fingerprint density at radius 3 is 2.56 bits per heavy atom. The predicted molar refractivity (Wildman–Crippen MR) is 98.4 cm³/mol. The minimum atomic E-state index is -0.580. The molecule has 0 heterocycles. The second kappa shape index (κ2) is 10.6. The SMILES string of the molecule is CCCc1ccccc1OCC(O)CNCCOc1ccc(O)cc1. The van der Waals surface area contributed by atoms with Crippen molar-refractivity contribution in [2.75, 3.05) is 26.3 Å². The number of rotatable bonds is 11. The summed E-state index contributed by atoms with van der Waals surface area (Å²) in [4.78, 5) is 0. The number of aromatic hydroxyl groups is 1. The van der Waals surface area contributed by atoms with E-state index < -0.39 is 6.10 Å².